The van der Waals surface area contributed by atoms with E-state index in [1.807, 2.05) is 0 Å². The number of hydrogen-bond donors (Lipinski definition) is 1. The van der Waals surface area contributed by atoms with Gasteiger partial charge in [0.05, 0.1) is 22.7 Å². The molecule has 0 unspecified atom stereocenters. The molecule has 1 amide bonds. The number of halogens is 2. The second-order valence-electron chi connectivity index (χ2n) is 7.98. The zero-order valence-corrected chi connectivity index (χ0v) is 19.7. The fourth-order valence-corrected chi connectivity index (χ4v) is 5.74. The minimum atomic E-state index is -3.62. The van der Waals surface area contributed by atoms with E-state index in [9.17, 15) is 17.6 Å². The Morgan fingerprint density at radius 2 is 1.82 bits per heavy atom. The third kappa shape index (κ3) is 5.10. The van der Waals surface area contributed by atoms with E-state index in [0.717, 1.165) is 24.8 Å². The Morgan fingerprint density at radius 3 is 2.52 bits per heavy atom. The molecule has 0 saturated carbocycles. The van der Waals surface area contributed by atoms with Crippen molar-refractivity contribution in [3.8, 4) is 0 Å². The summed E-state index contributed by atoms with van der Waals surface area (Å²) in [5.41, 5.74) is 1.75. The van der Waals surface area contributed by atoms with Crippen molar-refractivity contribution in [2.45, 2.75) is 37.6 Å². The van der Waals surface area contributed by atoms with Crippen LogP contribution in [0, 0.1) is 12.7 Å². The van der Waals surface area contributed by atoms with Crippen LogP contribution in [0.2, 0.25) is 5.15 Å². The summed E-state index contributed by atoms with van der Waals surface area (Å²) in [6.07, 6.45) is 2.71. The highest BCUT2D eigenvalue weighted by Gasteiger charge is 2.26. The second kappa shape index (κ2) is 9.62. The SMILES string of the molecule is Cc1nn(Cc2ccc(F)cc2)c(Cl)c1C(=O)Nc1cccc(S(=O)(=O)N2CCCCC2)c1. The number of anilines is 1. The van der Waals surface area contributed by atoms with E-state index in [-0.39, 0.29) is 28.0 Å². The lowest BCUT2D eigenvalue weighted by molar-refractivity contribution is 0.102. The molecule has 1 aromatic heterocycles. The average Bonchev–Trinajstić information content (AvgIpc) is 3.08. The summed E-state index contributed by atoms with van der Waals surface area (Å²) < 4.78 is 42.0. The Kier molecular flexibility index (Phi) is 6.83. The molecule has 1 N–H and O–H groups in total. The number of piperidine rings is 1. The fourth-order valence-electron chi connectivity index (χ4n) is 3.86. The summed E-state index contributed by atoms with van der Waals surface area (Å²) in [6.45, 7) is 2.94. The minimum absolute atomic E-state index is 0.136. The van der Waals surface area contributed by atoms with Crippen LogP contribution in [0.3, 0.4) is 0 Å². The molecule has 0 atom stereocenters. The number of hydrogen-bond acceptors (Lipinski definition) is 4. The standard InChI is InChI=1S/C23H24ClFN4O3S/c1-16-21(22(24)29(27-16)15-17-8-10-18(25)11-9-17)23(30)26-19-6-5-7-20(14-19)33(31,32)28-12-3-2-4-13-28/h5-11,14H,2-4,12-13,15H2,1H3,(H,26,30). The Morgan fingerprint density at radius 1 is 1.12 bits per heavy atom. The van der Waals surface area contributed by atoms with Crippen LogP contribution in [0.4, 0.5) is 10.1 Å². The van der Waals surface area contributed by atoms with Crippen LogP contribution in [-0.4, -0.2) is 41.5 Å². The summed E-state index contributed by atoms with van der Waals surface area (Å²) in [5.74, 6) is -0.832. The largest absolute Gasteiger partial charge is 0.322 e. The van der Waals surface area contributed by atoms with Crippen molar-refractivity contribution in [1.29, 1.82) is 0 Å². The Balaban J connectivity index is 1.53. The first-order valence-electron chi connectivity index (χ1n) is 10.6. The number of aryl methyl sites for hydroxylation is 1. The Labute approximate surface area is 197 Å². The summed E-state index contributed by atoms with van der Waals surface area (Å²) in [6, 6.07) is 12.1. The van der Waals surface area contributed by atoms with E-state index in [2.05, 4.69) is 10.4 Å². The molecule has 10 heteroatoms. The number of sulfonamides is 1. The number of nitrogens with one attached hydrogen (secondary N) is 1. The van der Waals surface area contributed by atoms with E-state index in [4.69, 9.17) is 11.6 Å². The third-order valence-electron chi connectivity index (χ3n) is 5.58. The Bertz CT molecular complexity index is 1270. The molecule has 2 aromatic carbocycles. The van der Waals surface area contributed by atoms with E-state index in [1.165, 1.54) is 33.3 Å². The molecule has 1 saturated heterocycles. The number of amides is 1. The van der Waals surface area contributed by atoms with Gasteiger partial charge in [-0.05, 0) is 55.7 Å². The molecule has 2 heterocycles. The van der Waals surface area contributed by atoms with Crippen molar-refractivity contribution in [2.75, 3.05) is 18.4 Å². The van der Waals surface area contributed by atoms with Gasteiger partial charge < -0.3 is 5.32 Å². The third-order valence-corrected chi connectivity index (χ3v) is 7.86. The van der Waals surface area contributed by atoms with Gasteiger partial charge in [-0.15, -0.1) is 0 Å². The van der Waals surface area contributed by atoms with E-state index < -0.39 is 15.9 Å². The van der Waals surface area contributed by atoms with Gasteiger partial charge in [-0.25, -0.2) is 17.5 Å². The highest BCUT2D eigenvalue weighted by atomic mass is 35.5. The number of carbonyl (C=O) groups is 1. The molecular formula is C23H24ClFN4O3S. The van der Waals surface area contributed by atoms with Crippen molar-refractivity contribution < 1.29 is 17.6 Å². The van der Waals surface area contributed by atoms with Gasteiger partial charge in [0.1, 0.15) is 11.0 Å². The first-order valence-corrected chi connectivity index (χ1v) is 12.5. The summed E-state index contributed by atoms with van der Waals surface area (Å²) in [4.78, 5) is 13.1. The molecule has 1 aliphatic heterocycles. The van der Waals surface area contributed by atoms with Gasteiger partial charge in [-0.3, -0.25) is 4.79 Å². The molecule has 1 fully saturated rings. The van der Waals surface area contributed by atoms with Crippen LogP contribution >= 0.6 is 11.6 Å². The molecule has 174 valence electrons. The lowest BCUT2D eigenvalue weighted by atomic mass is 10.2. The smallest absolute Gasteiger partial charge is 0.260 e. The van der Waals surface area contributed by atoms with Crippen LogP contribution in [0.25, 0.3) is 0 Å². The summed E-state index contributed by atoms with van der Waals surface area (Å²) in [5, 5.41) is 7.21. The normalized spacial score (nSPS) is 14.9. The zero-order valence-electron chi connectivity index (χ0n) is 18.1. The number of benzene rings is 2. The molecule has 0 radical (unpaired) electrons. The molecule has 0 aliphatic carbocycles. The van der Waals surface area contributed by atoms with Gasteiger partial charge >= 0.3 is 0 Å². The second-order valence-corrected chi connectivity index (χ2v) is 10.3. The first-order chi connectivity index (χ1) is 15.8. The summed E-state index contributed by atoms with van der Waals surface area (Å²) in [7, 11) is -3.62. The highest BCUT2D eigenvalue weighted by molar-refractivity contribution is 7.89. The van der Waals surface area contributed by atoms with Crippen molar-refractivity contribution in [2.24, 2.45) is 0 Å². The molecular weight excluding hydrogens is 467 g/mol. The topological polar surface area (TPSA) is 84.3 Å². The van der Waals surface area contributed by atoms with Gasteiger partial charge in [0.15, 0.2) is 0 Å². The van der Waals surface area contributed by atoms with Gasteiger partial charge in [-0.2, -0.15) is 9.40 Å². The van der Waals surface area contributed by atoms with Crippen molar-refractivity contribution in [3.63, 3.8) is 0 Å². The maximum atomic E-state index is 13.2. The van der Waals surface area contributed by atoms with Crippen molar-refractivity contribution in [3.05, 3.63) is 76.3 Å². The van der Waals surface area contributed by atoms with Crippen molar-refractivity contribution in [1.82, 2.24) is 14.1 Å². The van der Waals surface area contributed by atoms with E-state index in [0.29, 0.717) is 24.5 Å². The van der Waals surface area contributed by atoms with Crippen LogP contribution in [0.15, 0.2) is 53.4 Å². The van der Waals surface area contributed by atoms with E-state index >= 15 is 0 Å². The molecule has 0 spiro atoms. The molecule has 7 nitrogen and oxygen atoms in total. The summed E-state index contributed by atoms with van der Waals surface area (Å²) >= 11 is 6.44. The average molecular weight is 491 g/mol. The van der Waals surface area contributed by atoms with Crippen LogP contribution < -0.4 is 5.32 Å². The number of carbonyl (C=O) groups excluding carboxylic acids is 1. The maximum absolute atomic E-state index is 13.2. The Hall–Kier alpha value is -2.75. The highest BCUT2D eigenvalue weighted by Crippen LogP contribution is 2.25. The number of rotatable bonds is 6. The number of aromatic nitrogens is 2. The fraction of sp³-hybridized carbons (Fsp3) is 0.304. The van der Waals surface area contributed by atoms with Gasteiger partial charge in [0.2, 0.25) is 10.0 Å². The quantitative estimate of drug-likeness (QED) is 0.553. The van der Waals surface area contributed by atoms with Crippen LogP contribution in [0.1, 0.15) is 40.9 Å². The van der Waals surface area contributed by atoms with Gasteiger partial charge in [-0.1, -0.05) is 36.2 Å². The lowest BCUT2D eigenvalue weighted by Gasteiger charge is -2.26. The monoisotopic (exact) mass is 490 g/mol. The minimum Gasteiger partial charge on any atom is -0.322 e. The maximum Gasteiger partial charge on any atom is 0.260 e. The lowest BCUT2D eigenvalue weighted by Crippen LogP contribution is -2.35. The van der Waals surface area contributed by atoms with Crippen LogP contribution in [0.5, 0.6) is 0 Å². The van der Waals surface area contributed by atoms with Crippen molar-refractivity contribution >= 4 is 33.2 Å². The molecule has 0 bridgehead atoms. The predicted octanol–water partition coefficient (Wildman–Crippen LogP) is 4.46. The van der Waals surface area contributed by atoms with Gasteiger partial charge in [0, 0.05) is 18.8 Å². The first kappa shape index (κ1) is 23.4. The molecule has 1 aliphatic rings. The predicted molar refractivity (Wildman–Crippen MR) is 124 cm³/mol. The van der Waals surface area contributed by atoms with Gasteiger partial charge in [0.25, 0.3) is 5.91 Å². The number of nitrogens with zero attached hydrogens (tertiary/aromatic N) is 3. The molecule has 33 heavy (non-hydrogen) atoms. The zero-order chi connectivity index (χ0) is 23.6. The van der Waals surface area contributed by atoms with E-state index in [1.54, 1.807) is 31.2 Å². The molecule has 3 aromatic rings. The van der Waals surface area contributed by atoms with Crippen LogP contribution in [-0.2, 0) is 16.6 Å². The molecule has 4 rings (SSSR count).